The van der Waals surface area contributed by atoms with E-state index in [1.807, 2.05) is 51.2 Å². The Morgan fingerprint density at radius 1 is 1.03 bits per heavy atom. The summed E-state index contributed by atoms with van der Waals surface area (Å²) >= 11 is 2.98. The summed E-state index contributed by atoms with van der Waals surface area (Å²) in [5.41, 5.74) is 0.838. The van der Waals surface area contributed by atoms with Gasteiger partial charge in [0.15, 0.2) is 11.0 Å². The van der Waals surface area contributed by atoms with Gasteiger partial charge >= 0.3 is 0 Å². The molecule has 1 aromatic carbocycles. The van der Waals surface area contributed by atoms with Crippen molar-refractivity contribution in [1.29, 1.82) is 0 Å². The Labute approximate surface area is 205 Å². The van der Waals surface area contributed by atoms with Gasteiger partial charge in [0.25, 0.3) is 0 Å². The minimum Gasteiger partial charge on any atom is -0.495 e. The van der Waals surface area contributed by atoms with Gasteiger partial charge in [0.1, 0.15) is 5.75 Å². The molecule has 5 rings (SSSR count). The molecule has 0 atom stereocenters. The Bertz CT molecular complexity index is 1240. The van der Waals surface area contributed by atoms with Crippen LogP contribution in [-0.4, -0.2) is 74.6 Å². The number of thiophene rings is 1. The largest absolute Gasteiger partial charge is 0.495 e. The van der Waals surface area contributed by atoms with Gasteiger partial charge < -0.3 is 14.5 Å². The van der Waals surface area contributed by atoms with Crippen molar-refractivity contribution in [3.05, 3.63) is 60.2 Å². The number of carbonyl (C=O) groups excluding carboxylic acids is 1. The van der Waals surface area contributed by atoms with E-state index in [9.17, 15) is 4.79 Å². The number of benzene rings is 1. The highest BCUT2D eigenvalue weighted by Gasteiger charge is 2.24. The van der Waals surface area contributed by atoms with Crippen LogP contribution in [0, 0.1) is 0 Å². The van der Waals surface area contributed by atoms with E-state index >= 15 is 0 Å². The summed E-state index contributed by atoms with van der Waals surface area (Å²) in [6.07, 6.45) is 3.47. The number of hydrogen-bond acceptors (Lipinski definition) is 9. The van der Waals surface area contributed by atoms with Gasteiger partial charge in [0.2, 0.25) is 11.9 Å². The molecule has 1 aliphatic rings. The summed E-state index contributed by atoms with van der Waals surface area (Å²) in [6.45, 7) is 2.69. The average Bonchev–Trinajstić information content (AvgIpc) is 3.58. The van der Waals surface area contributed by atoms with Gasteiger partial charge in [-0.3, -0.25) is 9.36 Å². The number of ether oxygens (including phenoxy) is 1. The van der Waals surface area contributed by atoms with Crippen molar-refractivity contribution in [2.75, 3.05) is 43.9 Å². The Morgan fingerprint density at radius 2 is 1.82 bits per heavy atom. The molecule has 0 bridgehead atoms. The van der Waals surface area contributed by atoms with Crippen LogP contribution in [0.4, 0.5) is 5.95 Å². The maximum absolute atomic E-state index is 13.0. The molecule has 174 valence electrons. The van der Waals surface area contributed by atoms with E-state index in [0.717, 1.165) is 16.4 Å². The standard InChI is InChI=1S/C23H23N7O2S2/c1-32-18-7-3-2-6-17(18)30-21(19-8-4-15-33-19)26-27-23(30)34-16-20(31)28-11-13-29(14-12-28)22-24-9-5-10-25-22/h2-10,15H,11-14,16H2,1H3. The third-order valence-corrected chi connectivity index (χ3v) is 7.27. The minimum atomic E-state index is 0.0749. The number of thioether (sulfide) groups is 1. The molecule has 4 aromatic rings. The zero-order chi connectivity index (χ0) is 23.3. The third kappa shape index (κ3) is 4.62. The van der Waals surface area contributed by atoms with E-state index in [1.165, 1.54) is 11.8 Å². The number of methoxy groups -OCH3 is 1. The Kier molecular flexibility index (Phi) is 6.72. The molecule has 1 aliphatic heterocycles. The lowest BCUT2D eigenvalue weighted by molar-refractivity contribution is -0.128. The zero-order valence-electron chi connectivity index (χ0n) is 18.6. The minimum absolute atomic E-state index is 0.0749. The van der Waals surface area contributed by atoms with Gasteiger partial charge in [-0.1, -0.05) is 30.0 Å². The number of hydrogen-bond donors (Lipinski definition) is 0. The molecule has 4 heterocycles. The smallest absolute Gasteiger partial charge is 0.233 e. The topological polar surface area (TPSA) is 89.3 Å². The van der Waals surface area contributed by atoms with E-state index in [2.05, 4.69) is 25.1 Å². The fourth-order valence-electron chi connectivity index (χ4n) is 3.79. The number of amides is 1. The number of aromatic nitrogens is 5. The lowest BCUT2D eigenvalue weighted by Gasteiger charge is -2.34. The molecule has 1 fully saturated rings. The normalized spacial score (nSPS) is 13.8. The molecule has 34 heavy (non-hydrogen) atoms. The highest BCUT2D eigenvalue weighted by molar-refractivity contribution is 7.99. The predicted molar refractivity (Wildman–Crippen MR) is 133 cm³/mol. The fourth-order valence-corrected chi connectivity index (χ4v) is 5.33. The zero-order valence-corrected chi connectivity index (χ0v) is 20.2. The molecule has 3 aromatic heterocycles. The lowest BCUT2D eigenvalue weighted by atomic mass is 10.3. The van der Waals surface area contributed by atoms with Crippen LogP contribution < -0.4 is 9.64 Å². The van der Waals surface area contributed by atoms with Crippen molar-refractivity contribution >= 4 is 35.0 Å². The van der Waals surface area contributed by atoms with E-state index in [4.69, 9.17) is 4.74 Å². The molecule has 9 nitrogen and oxygen atoms in total. The van der Waals surface area contributed by atoms with Crippen LogP contribution >= 0.6 is 23.1 Å². The summed E-state index contributed by atoms with van der Waals surface area (Å²) in [5.74, 6) is 2.50. The van der Waals surface area contributed by atoms with Crippen molar-refractivity contribution in [1.82, 2.24) is 29.6 Å². The molecule has 0 unspecified atom stereocenters. The average molecular weight is 494 g/mol. The molecule has 0 spiro atoms. The first-order chi connectivity index (χ1) is 16.7. The van der Waals surface area contributed by atoms with Crippen LogP contribution in [0.25, 0.3) is 16.4 Å². The number of anilines is 1. The number of para-hydroxylation sites is 2. The van der Waals surface area contributed by atoms with Crippen LogP contribution in [0.3, 0.4) is 0 Å². The van der Waals surface area contributed by atoms with Gasteiger partial charge in [-0.2, -0.15) is 0 Å². The molecule has 0 radical (unpaired) electrons. The van der Waals surface area contributed by atoms with Gasteiger partial charge in [0, 0.05) is 38.6 Å². The second kappa shape index (κ2) is 10.2. The predicted octanol–water partition coefficient (Wildman–Crippen LogP) is 3.24. The van der Waals surface area contributed by atoms with Crippen LogP contribution in [-0.2, 0) is 4.79 Å². The molecular weight excluding hydrogens is 470 g/mol. The SMILES string of the molecule is COc1ccccc1-n1c(SCC(=O)N2CCN(c3ncccn3)CC2)nnc1-c1cccs1. The molecular formula is C23H23N7O2S2. The highest BCUT2D eigenvalue weighted by atomic mass is 32.2. The van der Waals surface area contributed by atoms with Gasteiger partial charge in [-0.05, 0) is 29.6 Å². The van der Waals surface area contributed by atoms with E-state index < -0.39 is 0 Å². The summed E-state index contributed by atoms with van der Waals surface area (Å²) in [7, 11) is 1.64. The number of piperazine rings is 1. The van der Waals surface area contributed by atoms with Crippen LogP contribution in [0.1, 0.15) is 0 Å². The molecule has 0 aliphatic carbocycles. The van der Waals surface area contributed by atoms with Crippen LogP contribution in [0.15, 0.2) is 65.4 Å². The first kappa shape index (κ1) is 22.4. The molecule has 11 heteroatoms. The maximum atomic E-state index is 13.0. The van der Waals surface area contributed by atoms with Crippen LogP contribution in [0.2, 0.25) is 0 Å². The fraction of sp³-hybridized carbons (Fsp3) is 0.261. The summed E-state index contributed by atoms with van der Waals surface area (Å²) in [5, 5.41) is 11.5. The van der Waals surface area contributed by atoms with Gasteiger partial charge in [0.05, 0.1) is 23.4 Å². The quantitative estimate of drug-likeness (QED) is 0.363. The van der Waals surface area contributed by atoms with Gasteiger partial charge in [-0.25, -0.2) is 9.97 Å². The monoisotopic (exact) mass is 493 g/mol. The maximum Gasteiger partial charge on any atom is 0.233 e. The Balaban J connectivity index is 1.31. The first-order valence-corrected chi connectivity index (χ1v) is 12.7. The third-order valence-electron chi connectivity index (χ3n) is 5.49. The molecule has 1 amide bonds. The Morgan fingerprint density at radius 3 is 2.56 bits per heavy atom. The first-order valence-electron chi connectivity index (χ1n) is 10.8. The van der Waals surface area contributed by atoms with Crippen molar-refractivity contribution in [2.24, 2.45) is 0 Å². The van der Waals surface area contributed by atoms with Crippen molar-refractivity contribution in [3.63, 3.8) is 0 Å². The number of nitrogens with zero attached hydrogens (tertiary/aromatic N) is 7. The molecule has 1 saturated heterocycles. The second-order valence-electron chi connectivity index (χ2n) is 7.50. The Hall–Kier alpha value is -3.44. The van der Waals surface area contributed by atoms with E-state index in [1.54, 1.807) is 36.9 Å². The summed E-state index contributed by atoms with van der Waals surface area (Å²) in [4.78, 5) is 26.6. The van der Waals surface area contributed by atoms with Crippen LogP contribution in [0.5, 0.6) is 5.75 Å². The highest BCUT2D eigenvalue weighted by Crippen LogP contribution is 2.34. The molecule has 0 saturated carbocycles. The number of carbonyl (C=O) groups is 1. The second-order valence-corrected chi connectivity index (χ2v) is 9.39. The lowest BCUT2D eigenvalue weighted by Crippen LogP contribution is -2.49. The summed E-state index contributed by atoms with van der Waals surface area (Å²) < 4.78 is 7.56. The van der Waals surface area contributed by atoms with Crippen molar-refractivity contribution in [3.8, 4) is 22.1 Å². The molecule has 0 N–H and O–H groups in total. The van der Waals surface area contributed by atoms with Crippen molar-refractivity contribution in [2.45, 2.75) is 5.16 Å². The van der Waals surface area contributed by atoms with Gasteiger partial charge in [-0.15, -0.1) is 21.5 Å². The van der Waals surface area contributed by atoms with E-state index in [-0.39, 0.29) is 11.7 Å². The number of rotatable bonds is 7. The summed E-state index contributed by atoms with van der Waals surface area (Å²) in [6, 6.07) is 13.5. The van der Waals surface area contributed by atoms with E-state index in [0.29, 0.717) is 43.0 Å². The van der Waals surface area contributed by atoms with Crippen molar-refractivity contribution < 1.29 is 9.53 Å².